The number of ether oxygens (including phenoxy) is 1. The van der Waals surface area contributed by atoms with Crippen molar-refractivity contribution in [1.29, 1.82) is 0 Å². The fourth-order valence-corrected chi connectivity index (χ4v) is 4.50. The highest BCUT2D eigenvalue weighted by Crippen LogP contribution is 2.57. The molecule has 0 aromatic heterocycles. The van der Waals surface area contributed by atoms with E-state index in [2.05, 4.69) is 13.5 Å². The average molecular weight is 266 g/mol. The van der Waals surface area contributed by atoms with Crippen LogP contribution in [0.25, 0.3) is 0 Å². The molecule has 106 valence electrons. The Morgan fingerprint density at radius 1 is 1.37 bits per heavy atom. The Morgan fingerprint density at radius 3 is 2.74 bits per heavy atom. The van der Waals surface area contributed by atoms with Gasteiger partial charge in [-0.1, -0.05) is 19.1 Å². The van der Waals surface area contributed by atoms with Crippen LogP contribution in [0.5, 0.6) is 0 Å². The number of fused-ring (bicyclic) bond motifs is 2. The molecule has 3 fully saturated rings. The molecule has 0 aromatic carbocycles. The number of carbonyl (C=O) groups excluding carboxylic acids is 1. The summed E-state index contributed by atoms with van der Waals surface area (Å²) in [4.78, 5) is 11.8. The van der Waals surface area contributed by atoms with E-state index in [1.807, 2.05) is 0 Å². The van der Waals surface area contributed by atoms with Gasteiger partial charge in [-0.05, 0) is 43.9 Å². The predicted molar refractivity (Wildman–Crippen MR) is 69.2 cm³/mol. The van der Waals surface area contributed by atoms with Gasteiger partial charge in [0, 0.05) is 5.92 Å². The number of carbonyl (C=O) groups is 1. The van der Waals surface area contributed by atoms with Crippen LogP contribution in [0.4, 0.5) is 0 Å². The average Bonchev–Trinajstić information content (AvgIpc) is 2.45. The van der Waals surface area contributed by atoms with Crippen LogP contribution in [-0.4, -0.2) is 34.0 Å². The second-order valence-corrected chi connectivity index (χ2v) is 7.06. The van der Waals surface area contributed by atoms with Crippen molar-refractivity contribution >= 4 is 5.97 Å². The largest absolute Gasteiger partial charge is 0.460 e. The van der Waals surface area contributed by atoms with E-state index in [0.29, 0.717) is 12.8 Å². The van der Waals surface area contributed by atoms with E-state index < -0.39 is 11.6 Å². The van der Waals surface area contributed by atoms with Gasteiger partial charge in [0.05, 0.1) is 6.10 Å². The summed E-state index contributed by atoms with van der Waals surface area (Å²) in [5, 5.41) is 20.3. The minimum Gasteiger partial charge on any atom is -0.460 e. The highest BCUT2D eigenvalue weighted by atomic mass is 16.6. The minimum absolute atomic E-state index is 0.0728. The summed E-state index contributed by atoms with van der Waals surface area (Å²) < 4.78 is 5.36. The summed E-state index contributed by atoms with van der Waals surface area (Å²) in [6.45, 7) is 7.81. The summed E-state index contributed by atoms with van der Waals surface area (Å²) >= 11 is 0. The quantitative estimate of drug-likeness (QED) is 0.514. The van der Waals surface area contributed by atoms with Gasteiger partial charge in [0.15, 0.2) is 5.60 Å². The lowest BCUT2D eigenvalue weighted by Crippen LogP contribution is -2.50. The molecule has 19 heavy (non-hydrogen) atoms. The standard InChI is InChI=1S/C15H22O4/c1-8-4-9(16)6-14(2)7-12-11(5-10(8)14)15(3,18)13(17)19-12/h9-12,16,18H,1,4-7H2,2-3H3. The Kier molecular flexibility index (Phi) is 2.64. The van der Waals surface area contributed by atoms with E-state index in [-0.39, 0.29) is 29.5 Å². The highest BCUT2D eigenvalue weighted by molar-refractivity contribution is 5.81. The molecule has 0 aromatic rings. The predicted octanol–water partition coefficient (Wildman–Crippen LogP) is 1.41. The lowest BCUT2D eigenvalue weighted by Gasteiger charge is -2.51. The zero-order valence-electron chi connectivity index (χ0n) is 11.6. The number of aliphatic hydroxyl groups excluding tert-OH is 1. The van der Waals surface area contributed by atoms with Gasteiger partial charge in [-0.3, -0.25) is 0 Å². The Labute approximate surface area is 113 Å². The van der Waals surface area contributed by atoms with Crippen LogP contribution in [0, 0.1) is 17.3 Å². The van der Waals surface area contributed by atoms with Crippen molar-refractivity contribution in [3.05, 3.63) is 12.2 Å². The molecule has 2 N–H and O–H groups in total. The van der Waals surface area contributed by atoms with Crippen molar-refractivity contribution in [3.63, 3.8) is 0 Å². The summed E-state index contributed by atoms with van der Waals surface area (Å²) in [5.41, 5.74) is -0.395. The molecule has 4 nitrogen and oxygen atoms in total. The van der Waals surface area contributed by atoms with Gasteiger partial charge < -0.3 is 14.9 Å². The number of rotatable bonds is 0. The lowest BCUT2D eigenvalue weighted by atomic mass is 9.54. The molecule has 2 aliphatic carbocycles. The fourth-order valence-electron chi connectivity index (χ4n) is 4.50. The van der Waals surface area contributed by atoms with Gasteiger partial charge in [0.25, 0.3) is 0 Å². The van der Waals surface area contributed by atoms with Crippen molar-refractivity contribution in [1.82, 2.24) is 0 Å². The molecule has 3 aliphatic rings. The molecule has 4 heteroatoms. The second-order valence-electron chi connectivity index (χ2n) is 7.06. The lowest BCUT2D eigenvalue weighted by molar-refractivity contribution is -0.154. The molecule has 0 spiro atoms. The SMILES string of the molecule is C=C1CC(O)CC2(C)CC3OC(=O)C(C)(O)C3CC12. The molecule has 1 saturated heterocycles. The summed E-state index contributed by atoms with van der Waals surface area (Å²) in [6, 6.07) is 0. The fraction of sp³-hybridized carbons (Fsp3) is 0.800. The van der Waals surface area contributed by atoms with E-state index in [1.54, 1.807) is 6.92 Å². The molecule has 6 unspecified atom stereocenters. The van der Waals surface area contributed by atoms with Gasteiger partial charge >= 0.3 is 5.97 Å². The monoisotopic (exact) mass is 266 g/mol. The van der Waals surface area contributed by atoms with Gasteiger partial charge in [-0.15, -0.1) is 0 Å². The Bertz CT molecular complexity index is 441. The maximum absolute atomic E-state index is 11.8. The van der Waals surface area contributed by atoms with E-state index in [0.717, 1.165) is 18.4 Å². The zero-order valence-corrected chi connectivity index (χ0v) is 11.6. The Balaban J connectivity index is 1.92. The second kappa shape index (κ2) is 3.83. The zero-order chi connectivity index (χ0) is 14.0. The topological polar surface area (TPSA) is 66.8 Å². The Morgan fingerprint density at radius 2 is 2.05 bits per heavy atom. The Hall–Kier alpha value is -0.870. The van der Waals surface area contributed by atoms with Crippen molar-refractivity contribution in [2.75, 3.05) is 0 Å². The van der Waals surface area contributed by atoms with Gasteiger partial charge in [-0.2, -0.15) is 0 Å². The van der Waals surface area contributed by atoms with Crippen molar-refractivity contribution in [2.24, 2.45) is 17.3 Å². The number of hydrogen-bond donors (Lipinski definition) is 2. The molecule has 1 aliphatic heterocycles. The van der Waals surface area contributed by atoms with E-state index in [4.69, 9.17) is 4.74 Å². The van der Waals surface area contributed by atoms with Gasteiger partial charge in [-0.25, -0.2) is 4.79 Å². The molecule has 0 radical (unpaired) electrons. The van der Waals surface area contributed by atoms with Crippen molar-refractivity contribution in [3.8, 4) is 0 Å². The first-order valence-electron chi connectivity index (χ1n) is 7.03. The summed E-state index contributed by atoms with van der Waals surface area (Å²) in [7, 11) is 0. The van der Waals surface area contributed by atoms with E-state index >= 15 is 0 Å². The van der Waals surface area contributed by atoms with Crippen molar-refractivity contribution < 1.29 is 19.7 Å². The van der Waals surface area contributed by atoms with Crippen LogP contribution in [0.3, 0.4) is 0 Å². The number of hydrogen-bond acceptors (Lipinski definition) is 4. The first kappa shape index (κ1) is 13.1. The molecule has 2 saturated carbocycles. The maximum atomic E-state index is 11.8. The third kappa shape index (κ3) is 1.77. The van der Waals surface area contributed by atoms with Gasteiger partial charge in [0.1, 0.15) is 6.10 Å². The molecule has 6 atom stereocenters. The van der Waals surface area contributed by atoms with Crippen LogP contribution >= 0.6 is 0 Å². The summed E-state index contributed by atoms with van der Waals surface area (Å²) in [6.07, 6.45) is 2.23. The third-order valence-corrected chi connectivity index (χ3v) is 5.53. The van der Waals surface area contributed by atoms with Crippen LogP contribution in [0.1, 0.15) is 39.5 Å². The van der Waals surface area contributed by atoms with E-state index in [9.17, 15) is 15.0 Å². The van der Waals surface area contributed by atoms with Gasteiger partial charge in [0.2, 0.25) is 0 Å². The maximum Gasteiger partial charge on any atom is 0.338 e. The molecular weight excluding hydrogens is 244 g/mol. The molecular formula is C15H22O4. The van der Waals surface area contributed by atoms with Crippen LogP contribution in [0.15, 0.2) is 12.2 Å². The molecule has 0 bridgehead atoms. The first-order valence-corrected chi connectivity index (χ1v) is 7.03. The number of esters is 1. The molecule has 0 amide bonds. The van der Waals surface area contributed by atoms with Crippen LogP contribution < -0.4 is 0 Å². The van der Waals surface area contributed by atoms with Crippen LogP contribution in [-0.2, 0) is 9.53 Å². The highest BCUT2D eigenvalue weighted by Gasteiger charge is 2.60. The number of aliphatic hydroxyl groups is 2. The summed E-state index contributed by atoms with van der Waals surface area (Å²) in [5.74, 6) is -0.390. The van der Waals surface area contributed by atoms with E-state index in [1.165, 1.54) is 0 Å². The normalized spacial score (nSPS) is 53.5. The smallest absolute Gasteiger partial charge is 0.338 e. The van der Waals surface area contributed by atoms with Crippen LogP contribution in [0.2, 0.25) is 0 Å². The minimum atomic E-state index is -1.37. The first-order chi connectivity index (χ1) is 8.74. The molecule has 1 heterocycles. The molecule has 3 rings (SSSR count). The third-order valence-electron chi connectivity index (χ3n) is 5.53. The van der Waals surface area contributed by atoms with Crippen molar-refractivity contribution in [2.45, 2.75) is 57.3 Å².